The topological polar surface area (TPSA) is 68.0 Å². The average molecular weight is 412 g/mol. The summed E-state index contributed by atoms with van der Waals surface area (Å²) in [5, 5.41) is 4.72. The Bertz CT molecular complexity index is 1120. The second-order valence-corrected chi connectivity index (χ2v) is 7.76. The normalized spacial score (nSPS) is 11.1. The minimum Gasteiger partial charge on any atom is -0.397 e. The molecule has 6 heteroatoms. The van der Waals surface area contributed by atoms with Crippen molar-refractivity contribution in [3.63, 3.8) is 0 Å². The van der Waals surface area contributed by atoms with Crippen molar-refractivity contribution in [1.29, 1.82) is 0 Å². The fourth-order valence-corrected chi connectivity index (χ4v) is 3.94. The largest absolute Gasteiger partial charge is 0.397 e. The summed E-state index contributed by atoms with van der Waals surface area (Å²) in [7, 11) is 0. The van der Waals surface area contributed by atoms with Gasteiger partial charge in [-0.25, -0.2) is 4.98 Å². The van der Waals surface area contributed by atoms with Gasteiger partial charge in [0.2, 0.25) is 0 Å². The molecule has 0 radical (unpaired) electrons. The summed E-state index contributed by atoms with van der Waals surface area (Å²) in [5.74, 6) is -0.219. The summed E-state index contributed by atoms with van der Waals surface area (Å²) in [6.45, 7) is 2.03. The number of halogens is 1. The van der Waals surface area contributed by atoms with Crippen LogP contribution in [0.2, 0.25) is 0 Å². The number of hydrogen-bond donors (Lipinski definition) is 2. The van der Waals surface area contributed by atoms with Gasteiger partial charge in [0.15, 0.2) is 0 Å². The van der Waals surface area contributed by atoms with Crippen molar-refractivity contribution in [2.24, 2.45) is 0 Å². The summed E-state index contributed by atoms with van der Waals surface area (Å²) in [6.07, 6.45) is 0. The molecule has 124 valence electrons. The zero-order chi connectivity index (χ0) is 17.6. The first kappa shape index (κ1) is 16.1. The van der Waals surface area contributed by atoms with Crippen LogP contribution in [-0.2, 0) is 0 Å². The number of aryl methyl sites for hydroxylation is 1. The number of nitrogens with one attached hydrogen (secondary N) is 1. The lowest BCUT2D eigenvalue weighted by atomic mass is 10.1. The number of hydrogen-bond acceptors (Lipinski definition) is 4. The zero-order valence-corrected chi connectivity index (χ0v) is 15.7. The van der Waals surface area contributed by atoms with Gasteiger partial charge in [0.05, 0.1) is 11.2 Å². The van der Waals surface area contributed by atoms with Gasteiger partial charge in [-0.3, -0.25) is 4.79 Å². The molecular formula is C19H14BrN3OS. The first-order valence-corrected chi connectivity index (χ1v) is 9.28. The molecule has 0 saturated carbocycles. The third kappa shape index (κ3) is 2.99. The number of nitrogens with two attached hydrogens (primary N) is 1. The lowest BCUT2D eigenvalue weighted by Crippen LogP contribution is -2.11. The van der Waals surface area contributed by atoms with Crippen LogP contribution in [0.3, 0.4) is 0 Å². The van der Waals surface area contributed by atoms with Crippen LogP contribution < -0.4 is 11.1 Å². The van der Waals surface area contributed by atoms with E-state index in [9.17, 15) is 4.79 Å². The van der Waals surface area contributed by atoms with E-state index < -0.39 is 0 Å². The van der Waals surface area contributed by atoms with Crippen molar-refractivity contribution < 1.29 is 4.79 Å². The van der Waals surface area contributed by atoms with Gasteiger partial charge < -0.3 is 11.1 Å². The second-order valence-electron chi connectivity index (χ2n) is 5.84. The summed E-state index contributed by atoms with van der Waals surface area (Å²) < 4.78 is 0.957. The Morgan fingerprint density at radius 2 is 1.92 bits per heavy atom. The lowest BCUT2D eigenvalue weighted by molar-refractivity contribution is 0.103. The smallest absolute Gasteiger partial charge is 0.267 e. The molecule has 2 aromatic carbocycles. The Morgan fingerprint density at radius 3 is 2.68 bits per heavy atom. The molecule has 0 spiro atoms. The van der Waals surface area contributed by atoms with Crippen molar-refractivity contribution in [2.75, 3.05) is 11.1 Å². The van der Waals surface area contributed by atoms with Gasteiger partial charge in [0.1, 0.15) is 9.71 Å². The number of pyridine rings is 1. The molecule has 1 amide bonds. The quantitative estimate of drug-likeness (QED) is 0.466. The first-order valence-electron chi connectivity index (χ1n) is 7.67. The van der Waals surface area contributed by atoms with E-state index >= 15 is 0 Å². The maximum Gasteiger partial charge on any atom is 0.267 e. The van der Waals surface area contributed by atoms with Crippen LogP contribution in [0.4, 0.5) is 11.4 Å². The molecule has 4 aromatic rings. The molecule has 2 aromatic heterocycles. The standard InChI is InChI=1S/C19H14BrN3OS/c1-10-2-3-11-9-14-16(21)17(25-19(14)23-15(11)8-10)18(24)22-13-6-4-12(20)5-7-13/h2-9H,21H2,1H3,(H,22,24). The third-order valence-corrected chi connectivity index (χ3v) is 5.62. The summed E-state index contributed by atoms with van der Waals surface area (Å²) in [4.78, 5) is 18.5. The Kier molecular flexibility index (Phi) is 3.94. The number of carbonyl (C=O) groups excluding carboxylic acids is 1. The summed E-state index contributed by atoms with van der Waals surface area (Å²) in [6, 6.07) is 15.5. The molecular weight excluding hydrogens is 398 g/mol. The highest BCUT2D eigenvalue weighted by Crippen LogP contribution is 2.35. The number of amides is 1. The fraction of sp³-hybridized carbons (Fsp3) is 0.0526. The van der Waals surface area contributed by atoms with Gasteiger partial charge in [-0.2, -0.15) is 0 Å². The van der Waals surface area contributed by atoms with Crippen molar-refractivity contribution in [2.45, 2.75) is 6.92 Å². The number of thiophene rings is 1. The third-order valence-electron chi connectivity index (χ3n) is 3.98. The van der Waals surface area contributed by atoms with Crippen LogP contribution in [0.1, 0.15) is 15.2 Å². The number of carbonyl (C=O) groups is 1. The van der Waals surface area contributed by atoms with E-state index in [-0.39, 0.29) is 5.91 Å². The van der Waals surface area contributed by atoms with E-state index in [1.165, 1.54) is 11.3 Å². The summed E-state index contributed by atoms with van der Waals surface area (Å²) >= 11 is 4.70. The highest BCUT2D eigenvalue weighted by atomic mass is 79.9. The van der Waals surface area contributed by atoms with E-state index in [4.69, 9.17) is 5.73 Å². The van der Waals surface area contributed by atoms with Crippen LogP contribution in [0.25, 0.3) is 21.1 Å². The van der Waals surface area contributed by atoms with Crippen LogP contribution in [0.15, 0.2) is 53.0 Å². The van der Waals surface area contributed by atoms with Crippen molar-refractivity contribution >= 4 is 65.7 Å². The highest BCUT2D eigenvalue weighted by molar-refractivity contribution is 9.10. The zero-order valence-electron chi connectivity index (χ0n) is 13.3. The summed E-state index contributed by atoms with van der Waals surface area (Å²) in [5.41, 5.74) is 9.50. The average Bonchev–Trinajstić information content (AvgIpc) is 2.91. The maximum absolute atomic E-state index is 12.6. The molecule has 0 aliphatic rings. The molecule has 0 aliphatic heterocycles. The molecule has 25 heavy (non-hydrogen) atoms. The molecule has 4 rings (SSSR count). The lowest BCUT2D eigenvalue weighted by Gasteiger charge is -2.04. The molecule has 0 saturated heterocycles. The predicted molar refractivity (Wildman–Crippen MR) is 108 cm³/mol. The Hall–Kier alpha value is -2.44. The number of aromatic nitrogens is 1. The second kappa shape index (κ2) is 6.13. The number of fused-ring (bicyclic) bond motifs is 2. The van der Waals surface area contributed by atoms with Gasteiger partial charge >= 0.3 is 0 Å². The molecule has 0 bridgehead atoms. The monoisotopic (exact) mass is 411 g/mol. The number of rotatable bonds is 2. The minimum absolute atomic E-state index is 0.219. The Morgan fingerprint density at radius 1 is 1.16 bits per heavy atom. The van der Waals surface area contributed by atoms with Crippen molar-refractivity contribution in [1.82, 2.24) is 4.98 Å². The fourth-order valence-electron chi connectivity index (χ4n) is 2.69. The van der Waals surface area contributed by atoms with Gasteiger partial charge in [-0.15, -0.1) is 11.3 Å². The molecule has 0 unspecified atom stereocenters. The van der Waals surface area contributed by atoms with Crippen LogP contribution in [-0.4, -0.2) is 10.9 Å². The van der Waals surface area contributed by atoms with Gasteiger partial charge in [-0.05, 0) is 48.9 Å². The molecule has 4 nitrogen and oxygen atoms in total. The van der Waals surface area contributed by atoms with E-state index in [1.807, 2.05) is 55.5 Å². The van der Waals surface area contributed by atoms with Crippen molar-refractivity contribution in [3.8, 4) is 0 Å². The number of benzene rings is 2. The van der Waals surface area contributed by atoms with Crippen LogP contribution in [0.5, 0.6) is 0 Å². The van der Waals surface area contributed by atoms with Crippen LogP contribution >= 0.6 is 27.3 Å². The predicted octanol–water partition coefficient (Wildman–Crippen LogP) is 5.35. The van der Waals surface area contributed by atoms with E-state index in [0.717, 1.165) is 36.8 Å². The number of nitrogen functional groups attached to an aromatic ring is 1. The molecule has 3 N–H and O–H groups in total. The number of anilines is 2. The van der Waals surface area contributed by atoms with Gasteiger partial charge in [0, 0.05) is 20.9 Å². The van der Waals surface area contributed by atoms with Gasteiger partial charge in [-0.1, -0.05) is 28.1 Å². The van der Waals surface area contributed by atoms with Crippen molar-refractivity contribution in [3.05, 3.63) is 63.4 Å². The molecule has 0 fully saturated rings. The molecule has 0 atom stereocenters. The SMILES string of the molecule is Cc1ccc2cc3c(N)c(C(=O)Nc4ccc(Br)cc4)sc3nc2c1. The van der Waals surface area contributed by atoms with E-state index in [1.54, 1.807) is 0 Å². The van der Waals surface area contributed by atoms with Crippen LogP contribution in [0, 0.1) is 6.92 Å². The molecule has 2 heterocycles. The Labute approximate surface area is 156 Å². The first-order chi connectivity index (χ1) is 12.0. The molecule has 0 aliphatic carbocycles. The van der Waals surface area contributed by atoms with E-state index in [2.05, 4.69) is 26.2 Å². The van der Waals surface area contributed by atoms with E-state index in [0.29, 0.717) is 10.6 Å². The number of nitrogens with zero attached hydrogens (tertiary/aromatic N) is 1. The highest BCUT2D eigenvalue weighted by Gasteiger charge is 2.18. The van der Waals surface area contributed by atoms with Gasteiger partial charge in [0.25, 0.3) is 5.91 Å². The Balaban J connectivity index is 1.76. The minimum atomic E-state index is -0.219. The maximum atomic E-state index is 12.6.